The monoisotopic (exact) mass is 301 g/mol. The molecule has 3 heteroatoms. The first-order valence-electron chi connectivity index (χ1n) is 7.44. The number of hydrogen-bond acceptors (Lipinski definition) is 3. The summed E-state index contributed by atoms with van der Waals surface area (Å²) in [6.07, 6.45) is 0. The molecule has 0 N–H and O–H groups in total. The lowest BCUT2D eigenvalue weighted by molar-refractivity contribution is 0.0526. The van der Waals surface area contributed by atoms with Crippen molar-refractivity contribution in [1.29, 1.82) is 5.26 Å². The number of rotatable bonds is 3. The lowest BCUT2D eigenvalue weighted by Crippen LogP contribution is -2.04. The van der Waals surface area contributed by atoms with Crippen LogP contribution in [-0.4, -0.2) is 12.6 Å². The zero-order valence-electron chi connectivity index (χ0n) is 12.7. The topological polar surface area (TPSA) is 50.1 Å². The third-order valence-corrected chi connectivity index (χ3v) is 3.73. The van der Waals surface area contributed by atoms with E-state index in [4.69, 9.17) is 4.74 Å². The number of esters is 1. The van der Waals surface area contributed by atoms with Crippen LogP contribution in [0, 0.1) is 11.3 Å². The molecule has 0 saturated heterocycles. The SMILES string of the molecule is CCOC(=O)c1cccc(-c2ccc(C#N)c3ccccc23)c1. The average Bonchev–Trinajstić information content (AvgIpc) is 2.61. The lowest BCUT2D eigenvalue weighted by atomic mass is 9.94. The van der Waals surface area contributed by atoms with Gasteiger partial charge in [0.2, 0.25) is 0 Å². The van der Waals surface area contributed by atoms with E-state index in [-0.39, 0.29) is 5.97 Å². The van der Waals surface area contributed by atoms with Gasteiger partial charge in [-0.25, -0.2) is 4.79 Å². The van der Waals surface area contributed by atoms with Gasteiger partial charge in [0.15, 0.2) is 0 Å². The van der Waals surface area contributed by atoms with Gasteiger partial charge in [0.05, 0.1) is 23.8 Å². The second-order valence-electron chi connectivity index (χ2n) is 5.12. The van der Waals surface area contributed by atoms with Crippen LogP contribution in [-0.2, 0) is 4.74 Å². The average molecular weight is 301 g/mol. The zero-order valence-corrected chi connectivity index (χ0v) is 12.7. The van der Waals surface area contributed by atoms with Gasteiger partial charge in [0, 0.05) is 5.39 Å². The van der Waals surface area contributed by atoms with Crippen molar-refractivity contribution in [3.63, 3.8) is 0 Å². The first-order valence-corrected chi connectivity index (χ1v) is 7.44. The van der Waals surface area contributed by atoms with Gasteiger partial charge in [-0.3, -0.25) is 0 Å². The molecule has 0 radical (unpaired) electrons. The van der Waals surface area contributed by atoms with Crippen LogP contribution in [0.15, 0.2) is 60.7 Å². The number of nitriles is 1. The molecule has 0 bridgehead atoms. The van der Waals surface area contributed by atoms with Crippen LogP contribution in [0.5, 0.6) is 0 Å². The molecule has 112 valence electrons. The van der Waals surface area contributed by atoms with E-state index in [0.29, 0.717) is 17.7 Å². The van der Waals surface area contributed by atoms with Crippen molar-refractivity contribution in [2.45, 2.75) is 6.92 Å². The second-order valence-corrected chi connectivity index (χ2v) is 5.12. The number of hydrogen-bond donors (Lipinski definition) is 0. The number of carbonyl (C=O) groups is 1. The van der Waals surface area contributed by atoms with E-state index < -0.39 is 0 Å². The van der Waals surface area contributed by atoms with Crippen LogP contribution in [0.1, 0.15) is 22.8 Å². The fraction of sp³-hybridized carbons (Fsp3) is 0.100. The highest BCUT2D eigenvalue weighted by molar-refractivity contribution is 6.00. The van der Waals surface area contributed by atoms with E-state index in [2.05, 4.69) is 6.07 Å². The molecule has 0 saturated carbocycles. The first kappa shape index (κ1) is 14.8. The minimum atomic E-state index is -0.327. The molecule has 3 rings (SSSR count). The first-order chi connectivity index (χ1) is 11.2. The Bertz CT molecular complexity index is 922. The van der Waals surface area contributed by atoms with E-state index in [1.165, 1.54) is 0 Å². The Morgan fingerprint density at radius 3 is 2.57 bits per heavy atom. The number of nitrogens with zero attached hydrogens (tertiary/aromatic N) is 1. The number of ether oxygens (including phenoxy) is 1. The van der Waals surface area contributed by atoms with Crippen molar-refractivity contribution in [3.8, 4) is 17.2 Å². The van der Waals surface area contributed by atoms with Crippen LogP contribution in [0.2, 0.25) is 0 Å². The number of benzene rings is 3. The zero-order chi connectivity index (χ0) is 16.2. The van der Waals surface area contributed by atoms with E-state index in [1.807, 2.05) is 54.6 Å². The minimum Gasteiger partial charge on any atom is -0.462 e. The van der Waals surface area contributed by atoms with E-state index in [9.17, 15) is 10.1 Å². The normalized spacial score (nSPS) is 10.3. The molecule has 23 heavy (non-hydrogen) atoms. The molecule has 0 aromatic heterocycles. The highest BCUT2D eigenvalue weighted by Gasteiger charge is 2.11. The summed E-state index contributed by atoms with van der Waals surface area (Å²) in [5, 5.41) is 11.2. The van der Waals surface area contributed by atoms with E-state index in [0.717, 1.165) is 21.9 Å². The predicted molar refractivity (Wildman–Crippen MR) is 90.1 cm³/mol. The Labute approximate surface area is 134 Å². The van der Waals surface area contributed by atoms with Crippen LogP contribution < -0.4 is 0 Å². The Morgan fingerprint density at radius 1 is 1.04 bits per heavy atom. The van der Waals surface area contributed by atoms with Gasteiger partial charge in [-0.1, -0.05) is 42.5 Å². The summed E-state index contributed by atoms with van der Waals surface area (Å²) in [4.78, 5) is 11.9. The van der Waals surface area contributed by atoms with Crippen molar-refractivity contribution < 1.29 is 9.53 Å². The van der Waals surface area contributed by atoms with Gasteiger partial charge < -0.3 is 4.74 Å². The maximum absolute atomic E-state index is 11.9. The summed E-state index contributed by atoms with van der Waals surface area (Å²) in [6, 6.07) is 21.1. The van der Waals surface area contributed by atoms with Crippen LogP contribution in [0.4, 0.5) is 0 Å². The maximum atomic E-state index is 11.9. The Balaban J connectivity index is 2.17. The molecule has 3 aromatic rings. The summed E-state index contributed by atoms with van der Waals surface area (Å²) in [5.74, 6) is -0.327. The summed E-state index contributed by atoms with van der Waals surface area (Å²) in [5.41, 5.74) is 3.09. The highest BCUT2D eigenvalue weighted by atomic mass is 16.5. The van der Waals surface area contributed by atoms with Gasteiger partial charge in [0.1, 0.15) is 0 Å². The molecular weight excluding hydrogens is 286 g/mol. The Kier molecular flexibility index (Phi) is 4.07. The van der Waals surface area contributed by atoms with E-state index >= 15 is 0 Å². The molecule has 0 atom stereocenters. The standard InChI is InChI=1S/C20H15NO2/c1-2-23-20(22)15-7-5-6-14(12-15)18-11-10-16(13-21)17-8-3-4-9-19(17)18/h3-12H,2H2,1H3. The summed E-state index contributed by atoms with van der Waals surface area (Å²) in [6.45, 7) is 2.14. The Hall–Kier alpha value is -3.12. The van der Waals surface area contributed by atoms with Crippen LogP contribution >= 0.6 is 0 Å². The van der Waals surface area contributed by atoms with Gasteiger partial charge in [-0.05, 0) is 41.6 Å². The third-order valence-electron chi connectivity index (χ3n) is 3.73. The van der Waals surface area contributed by atoms with Crippen molar-refractivity contribution >= 4 is 16.7 Å². The van der Waals surface area contributed by atoms with Gasteiger partial charge in [-0.2, -0.15) is 5.26 Å². The smallest absolute Gasteiger partial charge is 0.338 e. The van der Waals surface area contributed by atoms with Crippen molar-refractivity contribution in [2.75, 3.05) is 6.61 Å². The summed E-state index contributed by atoms with van der Waals surface area (Å²) < 4.78 is 5.06. The molecular formula is C20H15NO2. The fourth-order valence-corrected chi connectivity index (χ4v) is 2.68. The number of fused-ring (bicyclic) bond motifs is 1. The molecule has 0 unspecified atom stereocenters. The highest BCUT2D eigenvalue weighted by Crippen LogP contribution is 2.31. The summed E-state index contributed by atoms with van der Waals surface area (Å²) in [7, 11) is 0. The van der Waals surface area contributed by atoms with Gasteiger partial charge in [0.25, 0.3) is 0 Å². The molecule has 0 spiro atoms. The second kappa shape index (κ2) is 6.33. The Morgan fingerprint density at radius 2 is 1.83 bits per heavy atom. The largest absolute Gasteiger partial charge is 0.462 e. The van der Waals surface area contributed by atoms with Gasteiger partial charge >= 0.3 is 5.97 Å². The van der Waals surface area contributed by atoms with Crippen molar-refractivity contribution in [2.24, 2.45) is 0 Å². The predicted octanol–water partition coefficient (Wildman–Crippen LogP) is 4.56. The van der Waals surface area contributed by atoms with Crippen LogP contribution in [0.3, 0.4) is 0 Å². The molecule has 3 nitrogen and oxygen atoms in total. The van der Waals surface area contributed by atoms with Crippen molar-refractivity contribution in [3.05, 3.63) is 71.8 Å². The fourth-order valence-electron chi connectivity index (χ4n) is 2.68. The minimum absolute atomic E-state index is 0.327. The molecule has 0 heterocycles. The van der Waals surface area contributed by atoms with Crippen LogP contribution in [0.25, 0.3) is 21.9 Å². The lowest BCUT2D eigenvalue weighted by Gasteiger charge is -2.10. The summed E-state index contributed by atoms with van der Waals surface area (Å²) >= 11 is 0. The van der Waals surface area contributed by atoms with Crippen molar-refractivity contribution in [1.82, 2.24) is 0 Å². The molecule has 0 amide bonds. The van der Waals surface area contributed by atoms with Gasteiger partial charge in [-0.15, -0.1) is 0 Å². The molecule has 0 fully saturated rings. The third kappa shape index (κ3) is 2.79. The molecule has 0 aliphatic carbocycles. The quantitative estimate of drug-likeness (QED) is 0.667. The molecule has 0 aliphatic rings. The number of carbonyl (C=O) groups excluding carboxylic acids is 1. The molecule has 0 aliphatic heterocycles. The maximum Gasteiger partial charge on any atom is 0.338 e. The molecule has 3 aromatic carbocycles. The van der Waals surface area contributed by atoms with E-state index in [1.54, 1.807) is 13.0 Å².